The minimum Gasteiger partial charge on any atom is -0.493 e. The fourth-order valence-corrected chi connectivity index (χ4v) is 1.95. The zero-order valence-electron chi connectivity index (χ0n) is 11.5. The van der Waals surface area contributed by atoms with Crippen molar-refractivity contribution in [3.63, 3.8) is 0 Å². The summed E-state index contributed by atoms with van der Waals surface area (Å²) in [5.41, 5.74) is 0.873. The average Bonchev–Trinajstić information content (AvgIpc) is 2.49. The molecule has 0 aliphatic carbocycles. The highest BCUT2D eigenvalue weighted by molar-refractivity contribution is 5.50. The highest BCUT2D eigenvalue weighted by Gasteiger charge is 2.12. The number of methoxy groups -OCH3 is 2. The zero-order valence-corrected chi connectivity index (χ0v) is 11.5. The van der Waals surface area contributed by atoms with Gasteiger partial charge in [-0.25, -0.2) is 13.2 Å². The molecule has 0 spiro atoms. The molecule has 0 saturated heterocycles. The van der Waals surface area contributed by atoms with Crippen molar-refractivity contribution in [2.75, 3.05) is 19.5 Å². The number of rotatable bonds is 5. The van der Waals surface area contributed by atoms with Gasteiger partial charge in [0.05, 0.1) is 14.2 Å². The molecule has 2 aromatic rings. The van der Waals surface area contributed by atoms with Gasteiger partial charge in [0.15, 0.2) is 29.0 Å². The normalized spacial score (nSPS) is 10.3. The number of para-hydroxylation sites is 1. The van der Waals surface area contributed by atoms with Crippen LogP contribution in [0.4, 0.5) is 18.9 Å². The van der Waals surface area contributed by atoms with Crippen LogP contribution in [0, 0.1) is 17.5 Å². The molecule has 2 rings (SSSR count). The number of hydrogen-bond acceptors (Lipinski definition) is 3. The lowest BCUT2D eigenvalue weighted by Crippen LogP contribution is -2.04. The molecule has 0 heterocycles. The van der Waals surface area contributed by atoms with Crippen molar-refractivity contribution in [2.24, 2.45) is 0 Å². The van der Waals surface area contributed by atoms with Crippen molar-refractivity contribution in [3.05, 3.63) is 53.3 Å². The molecule has 0 saturated carbocycles. The van der Waals surface area contributed by atoms with Gasteiger partial charge in [-0.15, -0.1) is 0 Å². The van der Waals surface area contributed by atoms with Gasteiger partial charge in [-0.1, -0.05) is 12.1 Å². The molecule has 0 amide bonds. The van der Waals surface area contributed by atoms with Crippen LogP contribution in [0.25, 0.3) is 0 Å². The highest BCUT2D eigenvalue weighted by Crippen LogP contribution is 2.31. The SMILES string of the molecule is COc1cccc(CNc2cc(F)c(F)c(F)c2)c1OC. The van der Waals surface area contributed by atoms with Crippen LogP contribution >= 0.6 is 0 Å². The minimum absolute atomic E-state index is 0.135. The van der Waals surface area contributed by atoms with Crippen LogP contribution in [0.15, 0.2) is 30.3 Å². The second-order valence-electron chi connectivity index (χ2n) is 4.26. The Morgan fingerprint density at radius 1 is 1.00 bits per heavy atom. The second-order valence-corrected chi connectivity index (χ2v) is 4.26. The van der Waals surface area contributed by atoms with Crippen LogP contribution in [-0.2, 0) is 6.54 Å². The van der Waals surface area contributed by atoms with Crippen molar-refractivity contribution in [1.82, 2.24) is 0 Å². The summed E-state index contributed by atoms with van der Waals surface area (Å²) in [6.45, 7) is 0.241. The Hall–Kier alpha value is -2.37. The van der Waals surface area contributed by atoms with Gasteiger partial charge in [0.1, 0.15) is 0 Å². The van der Waals surface area contributed by atoms with Crippen molar-refractivity contribution >= 4 is 5.69 Å². The maximum atomic E-state index is 13.1. The maximum absolute atomic E-state index is 13.1. The smallest absolute Gasteiger partial charge is 0.194 e. The number of hydrogen-bond donors (Lipinski definition) is 1. The fraction of sp³-hybridized carbons (Fsp3) is 0.200. The summed E-state index contributed by atoms with van der Waals surface area (Å²) in [5.74, 6) is -2.89. The third-order valence-electron chi connectivity index (χ3n) is 2.95. The molecule has 0 aliphatic rings. The van der Waals surface area contributed by atoms with Crippen LogP contribution < -0.4 is 14.8 Å². The molecule has 0 radical (unpaired) electrons. The zero-order chi connectivity index (χ0) is 15.4. The summed E-state index contributed by atoms with van der Waals surface area (Å²) in [7, 11) is 3.01. The number of nitrogens with one attached hydrogen (secondary N) is 1. The Bertz CT molecular complexity index is 624. The van der Waals surface area contributed by atoms with E-state index in [1.165, 1.54) is 14.2 Å². The third-order valence-corrected chi connectivity index (χ3v) is 2.95. The molecule has 3 nitrogen and oxygen atoms in total. The Morgan fingerprint density at radius 2 is 1.67 bits per heavy atom. The minimum atomic E-state index is -1.49. The van der Waals surface area contributed by atoms with E-state index >= 15 is 0 Å². The van der Waals surface area contributed by atoms with Crippen LogP contribution in [0.3, 0.4) is 0 Å². The average molecular weight is 297 g/mol. The Balaban J connectivity index is 2.20. The largest absolute Gasteiger partial charge is 0.493 e. The molecule has 112 valence electrons. The van der Waals surface area contributed by atoms with Gasteiger partial charge in [-0.3, -0.25) is 0 Å². The molecular weight excluding hydrogens is 283 g/mol. The van der Waals surface area contributed by atoms with Gasteiger partial charge in [0.25, 0.3) is 0 Å². The number of anilines is 1. The first-order valence-electron chi connectivity index (χ1n) is 6.15. The van der Waals surface area contributed by atoms with Gasteiger partial charge in [0.2, 0.25) is 0 Å². The van der Waals surface area contributed by atoms with E-state index in [1.807, 2.05) is 0 Å². The highest BCUT2D eigenvalue weighted by atomic mass is 19.2. The Labute approximate surface area is 120 Å². The van der Waals surface area contributed by atoms with Gasteiger partial charge < -0.3 is 14.8 Å². The number of halogens is 3. The van der Waals surface area contributed by atoms with E-state index in [1.54, 1.807) is 18.2 Å². The summed E-state index contributed by atoms with van der Waals surface area (Å²) >= 11 is 0. The summed E-state index contributed by atoms with van der Waals surface area (Å²) < 4.78 is 49.5. The standard InChI is InChI=1S/C15H14F3NO2/c1-20-13-5-3-4-9(15(13)21-2)8-19-10-6-11(16)14(18)12(17)7-10/h3-7,19H,8H2,1-2H3. The molecule has 6 heteroatoms. The van der Waals surface area contributed by atoms with Gasteiger partial charge in [0, 0.05) is 29.9 Å². The summed E-state index contributed by atoms with van der Waals surface area (Å²) in [6.07, 6.45) is 0. The van der Waals surface area contributed by atoms with E-state index in [4.69, 9.17) is 9.47 Å². The third kappa shape index (κ3) is 3.21. The number of ether oxygens (including phenoxy) is 2. The second kappa shape index (κ2) is 6.39. The van der Waals surface area contributed by atoms with Crippen LogP contribution in [0.2, 0.25) is 0 Å². The molecule has 0 aliphatic heterocycles. The first-order valence-corrected chi connectivity index (χ1v) is 6.15. The van der Waals surface area contributed by atoms with Crippen molar-refractivity contribution in [2.45, 2.75) is 6.54 Å². The van der Waals surface area contributed by atoms with E-state index in [0.29, 0.717) is 11.5 Å². The predicted octanol–water partition coefficient (Wildman–Crippen LogP) is 3.73. The lowest BCUT2D eigenvalue weighted by Gasteiger charge is -2.14. The number of benzene rings is 2. The van der Waals surface area contributed by atoms with E-state index in [2.05, 4.69) is 5.32 Å². The van der Waals surface area contributed by atoms with E-state index < -0.39 is 17.5 Å². The van der Waals surface area contributed by atoms with Crippen molar-refractivity contribution < 1.29 is 22.6 Å². The van der Waals surface area contributed by atoms with Gasteiger partial charge in [-0.05, 0) is 6.07 Å². The molecular formula is C15H14F3NO2. The Morgan fingerprint density at radius 3 is 2.24 bits per heavy atom. The predicted molar refractivity (Wildman–Crippen MR) is 73.2 cm³/mol. The molecule has 1 N–H and O–H groups in total. The first kappa shape index (κ1) is 15.0. The molecule has 0 atom stereocenters. The summed E-state index contributed by atoms with van der Waals surface area (Å²) in [6, 6.07) is 7.07. The topological polar surface area (TPSA) is 30.5 Å². The van der Waals surface area contributed by atoms with Crippen LogP contribution in [0.5, 0.6) is 11.5 Å². The molecule has 2 aromatic carbocycles. The molecule has 0 bridgehead atoms. The van der Waals surface area contributed by atoms with Crippen LogP contribution in [-0.4, -0.2) is 14.2 Å². The fourth-order valence-electron chi connectivity index (χ4n) is 1.95. The lowest BCUT2D eigenvalue weighted by molar-refractivity contribution is 0.352. The van der Waals surface area contributed by atoms with E-state index in [-0.39, 0.29) is 12.2 Å². The van der Waals surface area contributed by atoms with Crippen molar-refractivity contribution in [3.8, 4) is 11.5 Å². The van der Waals surface area contributed by atoms with Crippen LogP contribution in [0.1, 0.15) is 5.56 Å². The van der Waals surface area contributed by atoms with Gasteiger partial charge >= 0.3 is 0 Å². The van der Waals surface area contributed by atoms with Crippen molar-refractivity contribution in [1.29, 1.82) is 0 Å². The van der Waals surface area contributed by atoms with E-state index in [0.717, 1.165) is 17.7 Å². The quantitative estimate of drug-likeness (QED) is 0.853. The monoisotopic (exact) mass is 297 g/mol. The molecule has 0 fully saturated rings. The molecule has 21 heavy (non-hydrogen) atoms. The lowest BCUT2D eigenvalue weighted by atomic mass is 10.1. The Kier molecular flexibility index (Phi) is 4.57. The summed E-state index contributed by atoms with van der Waals surface area (Å²) in [4.78, 5) is 0. The van der Waals surface area contributed by atoms with E-state index in [9.17, 15) is 13.2 Å². The molecule has 0 aromatic heterocycles. The summed E-state index contributed by atoms with van der Waals surface area (Å²) in [5, 5.41) is 2.81. The molecule has 0 unspecified atom stereocenters. The van der Waals surface area contributed by atoms with Gasteiger partial charge in [-0.2, -0.15) is 0 Å². The first-order chi connectivity index (χ1) is 10.1. The maximum Gasteiger partial charge on any atom is 0.194 e.